The minimum Gasteiger partial charge on any atom is -0.351 e. The van der Waals surface area contributed by atoms with Gasteiger partial charge in [0.1, 0.15) is 0 Å². The van der Waals surface area contributed by atoms with E-state index in [4.69, 9.17) is 5.73 Å². The Hall–Kier alpha value is -0.570. The molecule has 2 atom stereocenters. The van der Waals surface area contributed by atoms with Crippen LogP contribution < -0.4 is 11.1 Å². The Labute approximate surface area is 66.3 Å². The summed E-state index contributed by atoms with van der Waals surface area (Å²) in [5, 5.41) is 2.93. The SMILES string of the molecule is NC12CCCCC1NC(=O)C2. The Balaban J connectivity index is 2.17. The molecule has 1 heterocycles. The van der Waals surface area contributed by atoms with Crippen molar-refractivity contribution in [2.24, 2.45) is 5.73 Å². The smallest absolute Gasteiger partial charge is 0.222 e. The van der Waals surface area contributed by atoms with Gasteiger partial charge in [-0.3, -0.25) is 4.79 Å². The van der Waals surface area contributed by atoms with Crippen molar-refractivity contribution >= 4 is 5.91 Å². The lowest BCUT2D eigenvalue weighted by molar-refractivity contribution is -0.119. The van der Waals surface area contributed by atoms with Gasteiger partial charge in [-0.25, -0.2) is 0 Å². The van der Waals surface area contributed by atoms with Gasteiger partial charge in [0.15, 0.2) is 0 Å². The van der Waals surface area contributed by atoms with Gasteiger partial charge in [0.2, 0.25) is 5.91 Å². The van der Waals surface area contributed by atoms with E-state index in [1.54, 1.807) is 0 Å². The van der Waals surface area contributed by atoms with Crippen molar-refractivity contribution in [1.29, 1.82) is 0 Å². The Morgan fingerprint density at radius 3 is 3.09 bits per heavy atom. The predicted octanol–water partition coefficient (Wildman–Crippen LogP) is 0.146. The standard InChI is InChI=1S/C8H14N2O/c9-8-4-2-1-3-6(8)10-7(11)5-8/h6H,1-5,9H2,(H,10,11). The molecule has 3 heteroatoms. The number of rotatable bonds is 0. The van der Waals surface area contributed by atoms with E-state index < -0.39 is 0 Å². The summed E-state index contributed by atoms with van der Waals surface area (Å²) in [4.78, 5) is 11.0. The summed E-state index contributed by atoms with van der Waals surface area (Å²) in [7, 11) is 0. The molecule has 2 unspecified atom stereocenters. The summed E-state index contributed by atoms with van der Waals surface area (Å²) in [6, 6.07) is 0.267. The average molecular weight is 154 g/mol. The summed E-state index contributed by atoms with van der Waals surface area (Å²) >= 11 is 0. The van der Waals surface area contributed by atoms with E-state index in [1.807, 2.05) is 0 Å². The van der Waals surface area contributed by atoms with Gasteiger partial charge in [-0.15, -0.1) is 0 Å². The van der Waals surface area contributed by atoms with Crippen LogP contribution in [0.3, 0.4) is 0 Å². The van der Waals surface area contributed by atoms with Crippen LogP contribution in [0.4, 0.5) is 0 Å². The van der Waals surface area contributed by atoms with Crippen molar-refractivity contribution < 1.29 is 4.79 Å². The fourth-order valence-corrected chi connectivity index (χ4v) is 2.24. The van der Waals surface area contributed by atoms with Crippen LogP contribution in [-0.4, -0.2) is 17.5 Å². The fraction of sp³-hybridized carbons (Fsp3) is 0.875. The molecule has 0 bridgehead atoms. The van der Waals surface area contributed by atoms with E-state index in [2.05, 4.69) is 5.32 Å². The van der Waals surface area contributed by atoms with E-state index in [9.17, 15) is 4.79 Å². The van der Waals surface area contributed by atoms with Gasteiger partial charge in [0.05, 0.1) is 0 Å². The monoisotopic (exact) mass is 154 g/mol. The quantitative estimate of drug-likeness (QED) is 0.521. The summed E-state index contributed by atoms with van der Waals surface area (Å²) < 4.78 is 0. The first kappa shape index (κ1) is 7.10. The Morgan fingerprint density at radius 2 is 2.36 bits per heavy atom. The summed E-state index contributed by atoms with van der Waals surface area (Å²) in [5.41, 5.74) is 5.87. The van der Waals surface area contributed by atoms with E-state index >= 15 is 0 Å². The van der Waals surface area contributed by atoms with Crippen LogP contribution in [0.5, 0.6) is 0 Å². The molecule has 2 rings (SSSR count). The Morgan fingerprint density at radius 1 is 1.55 bits per heavy atom. The van der Waals surface area contributed by atoms with Gasteiger partial charge in [0.25, 0.3) is 0 Å². The zero-order chi connectivity index (χ0) is 7.90. The second-order valence-corrected chi connectivity index (χ2v) is 3.78. The lowest BCUT2D eigenvalue weighted by atomic mass is 9.79. The summed E-state index contributed by atoms with van der Waals surface area (Å²) in [5.74, 6) is 0.138. The minimum atomic E-state index is -0.199. The van der Waals surface area contributed by atoms with Crippen molar-refractivity contribution in [2.45, 2.75) is 43.7 Å². The number of carbonyl (C=O) groups is 1. The molecule has 1 aliphatic carbocycles. The summed E-state index contributed by atoms with van der Waals surface area (Å²) in [6.07, 6.45) is 5.02. The molecule has 0 aromatic carbocycles. The zero-order valence-electron chi connectivity index (χ0n) is 6.60. The van der Waals surface area contributed by atoms with Crippen molar-refractivity contribution in [1.82, 2.24) is 5.32 Å². The van der Waals surface area contributed by atoms with Gasteiger partial charge in [-0.2, -0.15) is 0 Å². The van der Waals surface area contributed by atoms with Gasteiger partial charge < -0.3 is 11.1 Å². The van der Waals surface area contributed by atoms with Crippen molar-refractivity contribution in [2.75, 3.05) is 0 Å². The van der Waals surface area contributed by atoms with Gasteiger partial charge in [-0.05, 0) is 12.8 Å². The number of fused-ring (bicyclic) bond motifs is 1. The van der Waals surface area contributed by atoms with Crippen LogP contribution in [0.1, 0.15) is 32.1 Å². The molecule has 0 aromatic heterocycles. The highest BCUT2D eigenvalue weighted by Gasteiger charge is 2.44. The normalized spacial score (nSPS) is 43.4. The van der Waals surface area contributed by atoms with Crippen LogP contribution in [0.15, 0.2) is 0 Å². The van der Waals surface area contributed by atoms with E-state index in [1.165, 1.54) is 12.8 Å². The second kappa shape index (κ2) is 2.21. The molecule has 2 fully saturated rings. The van der Waals surface area contributed by atoms with Gasteiger partial charge in [-0.1, -0.05) is 12.8 Å². The second-order valence-electron chi connectivity index (χ2n) is 3.78. The highest BCUT2D eigenvalue weighted by Crippen LogP contribution is 2.32. The molecule has 0 spiro atoms. The zero-order valence-corrected chi connectivity index (χ0v) is 6.60. The largest absolute Gasteiger partial charge is 0.351 e. The third-order valence-corrected chi connectivity index (χ3v) is 2.90. The molecular formula is C8H14N2O. The Kier molecular flexibility index (Phi) is 1.42. The number of hydrogen-bond donors (Lipinski definition) is 2. The molecule has 1 saturated carbocycles. The van der Waals surface area contributed by atoms with Gasteiger partial charge in [0, 0.05) is 18.0 Å². The van der Waals surface area contributed by atoms with Crippen LogP contribution >= 0.6 is 0 Å². The maximum atomic E-state index is 11.0. The Bertz CT molecular complexity index is 193. The third kappa shape index (κ3) is 1.03. The predicted molar refractivity (Wildman–Crippen MR) is 41.9 cm³/mol. The first-order valence-electron chi connectivity index (χ1n) is 4.29. The maximum Gasteiger partial charge on any atom is 0.222 e. The molecule has 3 N–H and O–H groups in total. The van der Waals surface area contributed by atoms with Crippen molar-refractivity contribution in [3.05, 3.63) is 0 Å². The van der Waals surface area contributed by atoms with Crippen molar-refractivity contribution in [3.8, 4) is 0 Å². The van der Waals surface area contributed by atoms with E-state index in [-0.39, 0.29) is 17.5 Å². The van der Waals surface area contributed by atoms with Crippen LogP contribution in [-0.2, 0) is 4.79 Å². The molecule has 3 nitrogen and oxygen atoms in total. The topological polar surface area (TPSA) is 55.1 Å². The molecule has 11 heavy (non-hydrogen) atoms. The highest BCUT2D eigenvalue weighted by molar-refractivity contribution is 5.80. The van der Waals surface area contributed by atoms with Crippen molar-refractivity contribution in [3.63, 3.8) is 0 Å². The molecular weight excluding hydrogens is 140 g/mol. The lowest BCUT2D eigenvalue weighted by Gasteiger charge is -2.34. The number of amides is 1. The number of nitrogens with two attached hydrogens (primary N) is 1. The minimum absolute atomic E-state index is 0.138. The lowest BCUT2D eigenvalue weighted by Crippen LogP contribution is -2.52. The highest BCUT2D eigenvalue weighted by atomic mass is 16.2. The van der Waals surface area contributed by atoms with Crippen LogP contribution in [0, 0.1) is 0 Å². The number of nitrogens with one attached hydrogen (secondary N) is 1. The molecule has 2 aliphatic rings. The van der Waals surface area contributed by atoms with Crippen LogP contribution in [0.2, 0.25) is 0 Å². The average Bonchev–Trinajstić information content (AvgIpc) is 2.22. The third-order valence-electron chi connectivity index (χ3n) is 2.90. The number of hydrogen-bond acceptors (Lipinski definition) is 2. The molecule has 62 valence electrons. The van der Waals surface area contributed by atoms with Gasteiger partial charge >= 0.3 is 0 Å². The van der Waals surface area contributed by atoms with Crippen LogP contribution in [0.25, 0.3) is 0 Å². The molecule has 0 radical (unpaired) electrons. The van der Waals surface area contributed by atoms with E-state index in [0.717, 1.165) is 12.8 Å². The molecule has 1 aliphatic heterocycles. The number of carbonyl (C=O) groups excluding carboxylic acids is 1. The molecule has 0 aromatic rings. The fourth-order valence-electron chi connectivity index (χ4n) is 2.24. The first-order valence-corrected chi connectivity index (χ1v) is 4.29. The molecule has 1 saturated heterocycles. The van der Waals surface area contributed by atoms with E-state index in [0.29, 0.717) is 6.42 Å². The summed E-state index contributed by atoms with van der Waals surface area (Å²) in [6.45, 7) is 0. The molecule has 1 amide bonds. The maximum absolute atomic E-state index is 11.0. The first-order chi connectivity index (χ1) is 5.21.